The molecule has 5 rings (SSSR count). The number of nitriles is 1. The Morgan fingerprint density at radius 2 is 2.15 bits per heavy atom. The molecule has 1 fully saturated rings. The number of benzene rings is 1. The van der Waals surface area contributed by atoms with Gasteiger partial charge in [-0.1, -0.05) is 0 Å². The lowest BCUT2D eigenvalue weighted by Gasteiger charge is -2.24. The molecule has 0 spiro atoms. The molecule has 1 unspecified atom stereocenters. The molecule has 9 heteroatoms. The topological polar surface area (TPSA) is 107 Å². The van der Waals surface area contributed by atoms with Crippen molar-refractivity contribution in [1.29, 1.82) is 5.26 Å². The molecule has 0 aliphatic carbocycles. The van der Waals surface area contributed by atoms with E-state index in [-0.39, 0.29) is 18.9 Å². The van der Waals surface area contributed by atoms with E-state index in [1.165, 1.54) is 18.3 Å². The average Bonchev–Trinajstić information content (AvgIpc) is 3.40. The van der Waals surface area contributed by atoms with E-state index in [1.807, 2.05) is 11.8 Å². The molecule has 0 radical (unpaired) electrons. The van der Waals surface area contributed by atoms with Crippen LogP contribution in [0.2, 0.25) is 0 Å². The van der Waals surface area contributed by atoms with E-state index in [2.05, 4.69) is 26.3 Å². The molecule has 0 amide bonds. The summed E-state index contributed by atoms with van der Waals surface area (Å²) in [5, 5.41) is 13.9. The quantitative estimate of drug-likeness (QED) is 0.425. The van der Waals surface area contributed by atoms with Crippen molar-refractivity contribution in [3.8, 4) is 17.2 Å². The number of nitrogens with two attached hydrogens (primary N) is 1. The largest absolute Gasteiger partial charge is 0.384 e. The van der Waals surface area contributed by atoms with Crippen LogP contribution >= 0.6 is 0 Å². The Morgan fingerprint density at radius 1 is 1.30 bits per heavy atom. The number of aromatic amines is 1. The number of aromatic nitrogens is 3. The fraction of sp³-hybridized carbons (Fsp3) is 0.292. The van der Waals surface area contributed by atoms with Crippen LogP contribution in [-0.4, -0.2) is 46.8 Å². The number of rotatable bonds is 5. The maximum atomic E-state index is 15.2. The normalized spacial score (nSPS) is 18.2. The fourth-order valence-electron chi connectivity index (χ4n) is 4.62. The Bertz CT molecular complexity index is 1410. The fourth-order valence-corrected chi connectivity index (χ4v) is 4.62. The lowest BCUT2D eigenvalue weighted by molar-refractivity contribution is 0.204. The summed E-state index contributed by atoms with van der Waals surface area (Å²) in [6.45, 7) is 3.05. The molecular formula is C24H23F2N7. The molecular weight excluding hydrogens is 424 g/mol. The third kappa shape index (κ3) is 3.52. The van der Waals surface area contributed by atoms with Gasteiger partial charge < -0.3 is 20.9 Å². The zero-order valence-electron chi connectivity index (χ0n) is 18.1. The predicted molar refractivity (Wildman–Crippen MR) is 125 cm³/mol. The molecule has 168 valence electrons. The first-order valence-corrected chi connectivity index (χ1v) is 10.8. The van der Waals surface area contributed by atoms with Crippen molar-refractivity contribution < 1.29 is 8.78 Å². The Hall–Kier alpha value is -3.77. The number of halogens is 2. The highest BCUT2D eigenvalue weighted by atomic mass is 19.1. The number of hydrogen-bond donors (Lipinski definition) is 3. The van der Waals surface area contributed by atoms with Crippen LogP contribution in [0.4, 0.5) is 20.2 Å². The van der Waals surface area contributed by atoms with Crippen LogP contribution in [0.25, 0.3) is 33.1 Å². The number of nitrogens with one attached hydrogen (secondary N) is 2. The Labute approximate surface area is 189 Å². The van der Waals surface area contributed by atoms with Crippen molar-refractivity contribution in [2.45, 2.75) is 19.0 Å². The van der Waals surface area contributed by atoms with Crippen LogP contribution < -0.4 is 16.0 Å². The number of alkyl halides is 1. The summed E-state index contributed by atoms with van der Waals surface area (Å²) in [5.41, 5.74) is 8.66. The summed E-state index contributed by atoms with van der Waals surface area (Å²) >= 11 is 0. The van der Waals surface area contributed by atoms with E-state index < -0.39 is 5.67 Å². The van der Waals surface area contributed by atoms with Gasteiger partial charge in [0, 0.05) is 61.2 Å². The molecule has 1 aliphatic rings. The van der Waals surface area contributed by atoms with E-state index in [4.69, 9.17) is 5.73 Å². The maximum absolute atomic E-state index is 15.2. The number of H-pyrrole nitrogens is 1. The minimum Gasteiger partial charge on any atom is -0.384 e. The zero-order chi connectivity index (χ0) is 23.2. The summed E-state index contributed by atoms with van der Waals surface area (Å²) in [6.07, 6.45) is 5.11. The summed E-state index contributed by atoms with van der Waals surface area (Å²) in [5.74, 6) is -0.382. The van der Waals surface area contributed by atoms with Gasteiger partial charge in [0.2, 0.25) is 0 Å². The van der Waals surface area contributed by atoms with Gasteiger partial charge in [-0.2, -0.15) is 5.26 Å². The zero-order valence-corrected chi connectivity index (χ0v) is 18.1. The maximum Gasteiger partial charge on any atom is 0.142 e. The van der Waals surface area contributed by atoms with Crippen LogP contribution in [-0.2, 0) is 0 Å². The van der Waals surface area contributed by atoms with Gasteiger partial charge in [-0.25, -0.2) is 13.8 Å². The Kier molecular flexibility index (Phi) is 5.10. The van der Waals surface area contributed by atoms with Gasteiger partial charge in [0.25, 0.3) is 0 Å². The molecule has 33 heavy (non-hydrogen) atoms. The van der Waals surface area contributed by atoms with Crippen molar-refractivity contribution >= 4 is 33.3 Å². The third-order valence-corrected chi connectivity index (χ3v) is 6.20. The molecule has 4 aromatic rings. The molecule has 3 aromatic heterocycles. The smallest absolute Gasteiger partial charge is 0.142 e. The van der Waals surface area contributed by atoms with Gasteiger partial charge in [-0.15, -0.1) is 0 Å². The second-order valence-corrected chi connectivity index (χ2v) is 8.38. The number of hydrogen-bond acceptors (Lipinski definition) is 6. The number of fused-ring (bicyclic) bond motifs is 3. The molecule has 4 heterocycles. The molecule has 1 aliphatic heterocycles. The second kappa shape index (κ2) is 7.98. The third-order valence-electron chi connectivity index (χ3n) is 6.20. The number of anilines is 2. The lowest BCUT2D eigenvalue weighted by Crippen LogP contribution is -2.36. The van der Waals surface area contributed by atoms with Crippen LogP contribution in [0.3, 0.4) is 0 Å². The predicted octanol–water partition coefficient (Wildman–Crippen LogP) is 4.10. The van der Waals surface area contributed by atoms with Gasteiger partial charge in [0.15, 0.2) is 0 Å². The SMILES string of the molecule is CCNc1cc(F)cc2c1[nH]c1ncc(-c3cncc(C#N)c3)c(N3CCC(F)(CN)C3)c12. The van der Waals surface area contributed by atoms with E-state index >= 15 is 4.39 Å². The molecule has 1 atom stereocenters. The van der Waals surface area contributed by atoms with Crippen molar-refractivity contribution in [2.24, 2.45) is 5.73 Å². The molecule has 0 saturated carbocycles. The first kappa shape index (κ1) is 21.1. The summed E-state index contributed by atoms with van der Waals surface area (Å²) in [7, 11) is 0. The summed E-state index contributed by atoms with van der Waals surface area (Å²) in [4.78, 5) is 14.0. The highest BCUT2D eigenvalue weighted by Gasteiger charge is 2.39. The van der Waals surface area contributed by atoms with Crippen molar-refractivity contribution in [2.75, 3.05) is 36.4 Å². The first-order chi connectivity index (χ1) is 16.0. The standard InChI is InChI=1S/C24H23F2N7/c1-2-30-19-7-16(25)6-17-20-22(33-4-3-24(26,12-28)13-33)18(11-31-23(20)32-21(17)19)15-5-14(8-27)9-29-10-15/h5-7,9-11,30H,2-4,12-13,28H2,1H3,(H,31,32). The van der Waals surface area contributed by atoms with Gasteiger partial charge in [0.1, 0.15) is 23.2 Å². The van der Waals surface area contributed by atoms with Crippen molar-refractivity contribution in [1.82, 2.24) is 15.0 Å². The van der Waals surface area contributed by atoms with Gasteiger partial charge in [0.05, 0.1) is 34.4 Å². The summed E-state index contributed by atoms with van der Waals surface area (Å²) < 4.78 is 29.8. The molecule has 0 bridgehead atoms. The summed E-state index contributed by atoms with van der Waals surface area (Å²) in [6, 6.07) is 6.74. The van der Waals surface area contributed by atoms with Crippen molar-refractivity contribution in [3.63, 3.8) is 0 Å². The highest BCUT2D eigenvalue weighted by molar-refractivity contribution is 6.17. The van der Waals surface area contributed by atoms with E-state index in [0.717, 1.165) is 11.2 Å². The minimum absolute atomic E-state index is 0.0778. The Morgan fingerprint density at radius 3 is 2.88 bits per heavy atom. The van der Waals surface area contributed by atoms with Crippen LogP contribution in [0.15, 0.2) is 36.8 Å². The molecule has 7 nitrogen and oxygen atoms in total. The Balaban J connectivity index is 1.84. The van der Waals surface area contributed by atoms with Gasteiger partial charge in [-0.3, -0.25) is 4.98 Å². The highest BCUT2D eigenvalue weighted by Crippen LogP contribution is 2.44. The van der Waals surface area contributed by atoms with E-state index in [1.54, 1.807) is 18.5 Å². The van der Waals surface area contributed by atoms with Crippen LogP contribution in [0.5, 0.6) is 0 Å². The monoisotopic (exact) mass is 447 g/mol. The first-order valence-electron chi connectivity index (χ1n) is 10.8. The van der Waals surface area contributed by atoms with E-state index in [0.29, 0.717) is 58.3 Å². The molecule has 4 N–H and O–H groups in total. The van der Waals surface area contributed by atoms with Gasteiger partial charge >= 0.3 is 0 Å². The second-order valence-electron chi connectivity index (χ2n) is 8.38. The van der Waals surface area contributed by atoms with Gasteiger partial charge in [-0.05, 0) is 25.1 Å². The lowest BCUT2D eigenvalue weighted by atomic mass is 10.0. The number of pyridine rings is 2. The minimum atomic E-state index is -1.51. The van der Waals surface area contributed by atoms with Crippen LogP contribution in [0.1, 0.15) is 18.9 Å². The van der Waals surface area contributed by atoms with Crippen LogP contribution in [0, 0.1) is 17.1 Å². The molecule has 1 aromatic carbocycles. The van der Waals surface area contributed by atoms with E-state index in [9.17, 15) is 9.65 Å². The van der Waals surface area contributed by atoms with Crippen molar-refractivity contribution in [3.05, 3.63) is 48.2 Å². The number of nitrogens with zero attached hydrogens (tertiary/aromatic N) is 4. The average molecular weight is 447 g/mol. The molecule has 1 saturated heterocycles.